The van der Waals surface area contributed by atoms with Crippen LogP contribution in [0, 0.1) is 5.92 Å². The van der Waals surface area contributed by atoms with Gasteiger partial charge in [-0.05, 0) is 76.2 Å². The summed E-state index contributed by atoms with van der Waals surface area (Å²) >= 11 is 11.9. The SMILES string of the molecule is CC(C)(C)OC(=O)N[C@@H](CS)C(=O)O.CC(C)(C)OC(=O)N[C@@H](CSc1nc2ccncc2o1)C(=O)O.Cl.Clc1nc2ccncc2o1.O=C(O)[C@H]1C=C(Cc2ccncc2O)SC1. The van der Waals surface area contributed by atoms with Gasteiger partial charge in [0.05, 0.1) is 24.5 Å². The Morgan fingerprint density at radius 3 is 1.83 bits per heavy atom. The number of rotatable bonds is 11. The second-order valence-electron chi connectivity index (χ2n) is 14.8. The van der Waals surface area contributed by atoms with Crippen LogP contribution in [0.3, 0.4) is 0 Å². The number of allylic oxidation sites excluding steroid dienone is 1. The lowest BCUT2D eigenvalue weighted by Crippen LogP contribution is -2.44. The summed E-state index contributed by atoms with van der Waals surface area (Å²) in [5, 5.41) is 41.1. The molecule has 6 heterocycles. The van der Waals surface area contributed by atoms with Crippen LogP contribution in [-0.2, 0) is 30.3 Å². The molecule has 0 radical (unpaired) electrons. The Kier molecular flexibility index (Phi) is 22.0. The van der Waals surface area contributed by atoms with E-state index in [1.165, 1.54) is 24.2 Å². The number of thioether (sulfide) groups is 2. The molecule has 25 heteroatoms. The van der Waals surface area contributed by atoms with Gasteiger partial charge in [0.2, 0.25) is 0 Å². The van der Waals surface area contributed by atoms with Crippen LogP contribution in [0.1, 0.15) is 47.1 Å². The van der Waals surface area contributed by atoms with E-state index < -0.39 is 59.3 Å². The molecule has 0 unspecified atom stereocenters. The number of ether oxygens (including phenoxy) is 2. The van der Waals surface area contributed by atoms with Gasteiger partial charge in [-0.25, -0.2) is 24.2 Å². The van der Waals surface area contributed by atoms with Crippen LogP contribution >= 0.6 is 60.2 Å². The summed E-state index contributed by atoms with van der Waals surface area (Å²) in [6, 6.07) is 3.03. The maximum atomic E-state index is 11.7. The molecule has 1 aliphatic heterocycles. The van der Waals surface area contributed by atoms with Crippen molar-refractivity contribution in [3.63, 3.8) is 0 Å². The first-order valence-corrected chi connectivity index (χ1v) is 21.4. The van der Waals surface area contributed by atoms with E-state index in [0.29, 0.717) is 34.1 Å². The Hall–Kier alpha value is -5.49. The lowest BCUT2D eigenvalue weighted by molar-refractivity contribution is -0.140. The van der Waals surface area contributed by atoms with Gasteiger partial charge in [0.1, 0.15) is 40.1 Å². The van der Waals surface area contributed by atoms with Gasteiger partial charge in [0.25, 0.3) is 10.6 Å². The number of thiol groups is 1. The number of amides is 2. The third-order valence-corrected chi connectivity index (χ3v) is 9.90. The molecule has 0 saturated carbocycles. The number of halogens is 2. The first kappa shape index (κ1) is 54.6. The van der Waals surface area contributed by atoms with E-state index in [1.54, 1.807) is 90.6 Å². The van der Waals surface area contributed by atoms with E-state index in [-0.39, 0.29) is 35.0 Å². The molecule has 6 rings (SSSR count). The minimum absolute atomic E-state index is 0. The number of aliphatic carboxylic acids is 3. The van der Waals surface area contributed by atoms with E-state index >= 15 is 0 Å². The highest BCUT2D eigenvalue weighted by atomic mass is 35.5. The van der Waals surface area contributed by atoms with Gasteiger partial charge in [-0.1, -0.05) is 17.8 Å². The van der Waals surface area contributed by atoms with Gasteiger partial charge in [-0.3, -0.25) is 19.7 Å². The third kappa shape index (κ3) is 19.9. The number of oxazole rings is 2. The fraction of sp³-hybridized carbons (Fsp3) is 0.385. The smallest absolute Gasteiger partial charge is 0.408 e. The lowest BCUT2D eigenvalue weighted by atomic mass is 10.1. The minimum atomic E-state index is -1.17. The monoisotopic (exact) mass is 987 g/mol. The summed E-state index contributed by atoms with van der Waals surface area (Å²) in [7, 11) is 0. The number of carbonyl (C=O) groups is 5. The van der Waals surface area contributed by atoms with Crippen LogP contribution in [0.4, 0.5) is 9.59 Å². The van der Waals surface area contributed by atoms with Gasteiger partial charge >= 0.3 is 30.1 Å². The van der Waals surface area contributed by atoms with Crippen molar-refractivity contribution in [3.05, 3.63) is 77.3 Å². The number of carboxylic acids is 3. The fourth-order valence-electron chi connectivity index (χ4n) is 4.51. The highest BCUT2D eigenvalue weighted by Gasteiger charge is 2.26. The summed E-state index contributed by atoms with van der Waals surface area (Å²) in [5.41, 5.74) is 1.95. The number of fused-ring (bicyclic) bond motifs is 2. The second kappa shape index (κ2) is 25.7. The first-order chi connectivity index (χ1) is 29.5. The van der Waals surface area contributed by atoms with Crippen LogP contribution in [0.2, 0.25) is 5.35 Å². The molecule has 0 saturated heterocycles. The number of nitrogens with zero attached hydrogens (tertiary/aromatic N) is 5. The van der Waals surface area contributed by atoms with Crippen molar-refractivity contribution in [3.8, 4) is 5.75 Å². The van der Waals surface area contributed by atoms with Crippen molar-refractivity contribution >= 4 is 112 Å². The van der Waals surface area contributed by atoms with Crippen molar-refractivity contribution in [2.45, 2.75) is 76.5 Å². The molecular formula is C39H47Cl2N7O13S3. The van der Waals surface area contributed by atoms with Gasteiger partial charge in [0, 0.05) is 47.8 Å². The van der Waals surface area contributed by atoms with E-state index in [2.05, 4.69) is 48.2 Å². The zero-order valence-corrected chi connectivity index (χ0v) is 39.2. The molecule has 348 valence electrons. The number of alkyl carbamates (subject to hydrolysis) is 2. The molecule has 2 amide bonds. The molecule has 0 aromatic carbocycles. The Bertz CT molecular complexity index is 2310. The summed E-state index contributed by atoms with van der Waals surface area (Å²) in [6.45, 7) is 10.2. The number of pyridine rings is 3. The Morgan fingerprint density at radius 2 is 1.36 bits per heavy atom. The zero-order chi connectivity index (χ0) is 46.9. The lowest BCUT2D eigenvalue weighted by Gasteiger charge is -2.21. The molecule has 0 fully saturated rings. The number of carboxylic acid groups (broad SMARTS) is 3. The fourth-order valence-corrected chi connectivity index (χ4v) is 6.93. The summed E-state index contributed by atoms with van der Waals surface area (Å²) in [5.74, 6) is -2.68. The quantitative estimate of drug-likeness (QED) is 0.0510. The normalized spacial score (nSPS) is 14.0. The predicted octanol–water partition coefficient (Wildman–Crippen LogP) is 7.15. The molecule has 0 aliphatic carbocycles. The highest BCUT2D eigenvalue weighted by molar-refractivity contribution is 8.03. The average molecular weight is 989 g/mol. The van der Waals surface area contributed by atoms with Crippen LogP contribution in [0.25, 0.3) is 22.2 Å². The van der Waals surface area contributed by atoms with Crippen LogP contribution in [-0.4, -0.2) is 116 Å². The van der Waals surface area contributed by atoms with Crippen molar-refractivity contribution in [1.29, 1.82) is 0 Å². The van der Waals surface area contributed by atoms with Crippen molar-refractivity contribution in [2.24, 2.45) is 5.92 Å². The van der Waals surface area contributed by atoms with Gasteiger partial charge in [-0.15, -0.1) is 24.2 Å². The summed E-state index contributed by atoms with van der Waals surface area (Å²) < 4.78 is 20.3. The second-order valence-corrected chi connectivity index (χ2v) is 17.6. The number of nitrogens with one attached hydrogen (secondary N) is 2. The Labute approximate surface area is 391 Å². The maximum Gasteiger partial charge on any atom is 0.408 e. The largest absolute Gasteiger partial charge is 0.506 e. The summed E-state index contributed by atoms with van der Waals surface area (Å²) in [4.78, 5) is 75.9. The van der Waals surface area contributed by atoms with E-state index in [0.717, 1.165) is 27.7 Å². The first-order valence-electron chi connectivity index (χ1n) is 18.5. The molecule has 5 aromatic rings. The van der Waals surface area contributed by atoms with Crippen LogP contribution in [0.5, 0.6) is 5.75 Å². The number of carbonyl (C=O) groups excluding carboxylic acids is 2. The minimum Gasteiger partial charge on any atom is -0.506 e. The van der Waals surface area contributed by atoms with Gasteiger partial charge in [-0.2, -0.15) is 17.6 Å². The van der Waals surface area contributed by atoms with Crippen LogP contribution < -0.4 is 10.6 Å². The molecule has 0 bridgehead atoms. The average Bonchev–Trinajstić information content (AvgIpc) is 3.93. The van der Waals surface area contributed by atoms with E-state index in [9.17, 15) is 34.2 Å². The zero-order valence-electron chi connectivity index (χ0n) is 35.1. The molecule has 1 aliphatic rings. The van der Waals surface area contributed by atoms with Gasteiger partial charge in [0.15, 0.2) is 11.2 Å². The molecular weight excluding hydrogens is 942 g/mol. The Balaban J connectivity index is 0.000000304. The third-order valence-electron chi connectivity index (χ3n) is 7.28. The topological polar surface area (TPSA) is 300 Å². The maximum absolute atomic E-state index is 11.7. The predicted molar refractivity (Wildman–Crippen MR) is 243 cm³/mol. The number of hydrogen-bond acceptors (Lipinski definition) is 18. The standard InChI is InChI=1S/C14H17N3O5S.C11H11NO3S.C8H15NO4S.C6H3ClN2O.ClH/c1-14(2,3)22-12(20)16-9(11(18)19)7-23-13-17-8-4-5-15-6-10(8)21-13;13-10-5-12-2-1-7(10)3-9-4-8(6-16-9)11(14)15;1-8(2,3)13-7(12)9-5(4-14)6(10)11;7-6-9-4-1-2-8-3-5(4)10-6;/h4-6,9H,7H2,1-3H3,(H,16,20)(H,18,19);1-2,4-5,8,13H,3,6H2,(H,14,15);5,14H,4H2,1-3H3,(H,9,12)(H,10,11);1-3H;1H/t9-;8-;5-;;/m000../s1. The van der Waals surface area contributed by atoms with Crippen LogP contribution in [0.15, 0.2) is 80.4 Å². The summed E-state index contributed by atoms with van der Waals surface area (Å²) in [6.07, 6.45) is 10.1. The molecule has 5 aromatic heterocycles. The van der Waals surface area contributed by atoms with E-state index in [1.807, 2.05) is 0 Å². The molecule has 3 atom stereocenters. The van der Waals surface area contributed by atoms with E-state index in [4.69, 9.17) is 40.1 Å². The van der Waals surface area contributed by atoms with Gasteiger partial charge < -0.3 is 49.4 Å². The number of aromatic nitrogens is 5. The number of aromatic hydroxyl groups is 1. The van der Waals surface area contributed by atoms with Crippen molar-refractivity contribution in [1.82, 2.24) is 35.6 Å². The Morgan fingerprint density at radius 1 is 0.844 bits per heavy atom. The van der Waals surface area contributed by atoms with Crippen molar-refractivity contribution < 1.29 is 62.7 Å². The highest BCUT2D eigenvalue weighted by Crippen LogP contribution is 2.33. The number of hydrogen-bond donors (Lipinski definition) is 7. The molecule has 0 spiro atoms. The van der Waals surface area contributed by atoms with Crippen molar-refractivity contribution in [2.75, 3.05) is 17.3 Å². The molecule has 64 heavy (non-hydrogen) atoms. The molecule has 6 N–H and O–H groups in total. The molecule has 20 nitrogen and oxygen atoms in total.